The van der Waals surface area contributed by atoms with E-state index in [9.17, 15) is 9.59 Å². The first-order valence-electron chi connectivity index (χ1n) is 9.76. The summed E-state index contributed by atoms with van der Waals surface area (Å²) in [7, 11) is 0. The van der Waals surface area contributed by atoms with Crippen molar-refractivity contribution in [2.24, 2.45) is 5.92 Å². The van der Waals surface area contributed by atoms with E-state index >= 15 is 0 Å². The Labute approximate surface area is 155 Å². The average Bonchev–Trinajstić information content (AvgIpc) is 2.67. The van der Waals surface area contributed by atoms with Crippen LogP contribution in [0.4, 0.5) is 5.82 Å². The van der Waals surface area contributed by atoms with Gasteiger partial charge in [-0.2, -0.15) is 0 Å². The van der Waals surface area contributed by atoms with Crippen LogP contribution in [0.25, 0.3) is 0 Å². The monoisotopic (exact) mass is 359 g/mol. The summed E-state index contributed by atoms with van der Waals surface area (Å²) >= 11 is 0. The molecule has 6 nitrogen and oxygen atoms in total. The van der Waals surface area contributed by atoms with Gasteiger partial charge in [0.05, 0.1) is 12.0 Å². The number of ether oxygens (including phenoxy) is 1. The number of pyridine rings is 1. The molecule has 26 heavy (non-hydrogen) atoms. The van der Waals surface area contributed by atoms with Gasteiger partial charge in [0.2, 0.25) is 11.8 Å². The Hall–Kier alpha value is -1.95. The Balaban J connectivity index is 1.48. The molecule has 1 aromatic rings. The molecule has 2 fully saturated rings. The topological polar surface area (TPSA) is 71.5 Å². The summed E-state index contributed by atoms with van der Waals surface area (Å²) in [6.45, 7) is 3.20. The molecule has 0 aromatic carbocycles. The standard InChI is InChI=1S/C20H29N3O3/c1-15-7-5-11-18(21-15)22-20(25)16-8-6-12-23(13-16)19(24)14-26-17-9-3-2-4-10-17/h5,7,11,16-17H,2-4,6,8-10,12-14H2,1H3,(H,21,22,25). The molecule has 1 N–H and O–H groups in total. The molecule has 1 saturated carbocycles. The fourth-order valence-corrected chi connectivity index (χ4v) is 3.77. The highest BCUT2D eigenvalue weighted by molar-refractivity contribution is 5.92. The molecule has 6 heteroatoms. The molecule has 1 saturated heterocycles. The number of aryl methyl sites for hydroxylation is 1. The predicted octanol–water partition coefficient (Wildman–Crippen LogP) is 2.92. The Kier molecular flexibility index (Phi) is 6.61. The molecule has 0 spiro atoms. The summed E-state index contributed by atoms with van der Waals surface area (Å²) in [4.78, 5) is 31.1. The second kappa shape index (κ2) is 9.12. The lowest BCUT2D eigenvalue weighted by molar-refractivity contribution is -0.141. The van der Waals surface area contributed by atoms with E-state index in [1.807, 2.05) is 19.1 Å². The van der Waals surface area contributed by atoms with Gasteiger partial charge in [0, 0.05) is 18.8 Å². The van der Waals surface area contributed by atoms with Crippen LogP contribution in [-0.4, -0.2) is 47.5 Å². The van der Waals surface area contributed by atoms with Crippen molar-refractivity contribution in [3.05, 3.63) is 23.9 Å². The number of nitrogens with one attached hydrogen (secondary N) is 1. The minimum Gasteiger partial charge on any atom is -0.368 e. The summed E-state index contributed by atoms with van der Waals surface area (Å²) in [5.74, 6) is 0.319. The van der Waals surface area contributed by atoms with Gasteiger partial charge in [-0.05, 0) is 44.7 Å². The summed E-state index contributed by atoms with van der Waals surface area (Å²) < 4.78 is 5.80. The van der Waals surface area contributed by atoms with Crippen molar-refractivity contribution in [3.63, 3.8) is 0 Å². The highest BCUT2D eigenvalue weighted by atomic mass is 16.5. The first kappa shape index (κ1) is 18.8. The van der Waals surface area contributed by atoms with Crippen molar-refractivity contribution in [2.45, 2.75) is 58.0 Å². The Morgan fingerprint density at radius 3 is 2.77 bits per heavy atom. The molecular weight excluding hydrogens is 330 g/mol. The van der Waals surface area contributed by atoms with E-state index in [4.69, 9.17) is 4.74 Å². The van der Waals surface area contributed by atoms with Crippen LogP contribution in [0.5, 0.6) is 0 Å². The molecule has 1 unspecified atom stereocenters. The maximum absolute atomic E-state index is 12.5. The molecule has 1 aliphatic carbocycles. The molecular formula is C20H29N3O3. The lowest BCUT2D eigenvalue weighted by atomic mass is 9.97. The van der Waals surface area contributed by atoms with Crippen molar-refractivity contribution in [1.29, 1.82) is 0 Å². The third-order valence-electron chi connectivity index (χ3n) is 5.28. The van der Waals surface area contributed by atoms with Crippen molar-refractivity contribution in [2.75, 3.05) is 25.0 Å². The number of carbonyl (C=O) groups excluding carboxylic acids is 2. The van der Waals surface area contributed by atoms with Crippen molar-refractivity contribution < 1.29 is 14.3 Å². The normalized spacial score (nSPS) is 21.4. The average molecular weight is 359 g/mol. The lowest BCUT2D eigenvalue weighted by Crippen LogP contribution is -2.45. The summed E-state index contributed by atoms with van der Waals surface area (Å²) in [5, 5.41) is 2.88. The zero-order chi connectivity index (χ0) is 18.4. The van der Waals surface area contributed by atoms with E-state index in [1.165, 1.54) is 19.3 Å². The van der Waals surface area contributed by atoms with Crippen molar-refractivity contribution in [1.82, 2.24) is 9.88 Å². The summed E-state index contributed by atoms with van der Waals surface area (Å²) in [6, 6.07) is 5.55. The van der Waals surface area contributed by atoms with Gasteiger partial charge in [-0.3, -0.25) is 9.59 Å². The molecule has 1 atom stereocenters. The van der Waals surface area contributed by atoms with Gasteiger partial charge in [-0.1, -0.05) is 25.3 Å². The number of nitrogens with zero attached hydrogens (tertiary/aromatic N) is 2. The van der Waals surface area contributed by atoms with Crippen LogP contribution in [0.1, 0.15) is 50.6 Å². The minimum atomic E-state index is -0.190. The molecule has 0 bridgehead atoms. The molecule has 1 aromatic heterocycles. The third kappa shape index (κ3) is 5.27. The molecule has 2 heterocycles. The molecule has 1 aliphatic heterocycles. The minimum absolute atomic E-state index is 0.00162. The van der Waals surface area contributed by atoms with Crippen LogP contribution in [0, 0.1) is 12.8 Å². The number of hydrogen-bond acceptors (Lipinski definition) is 4. The van der Waals surface area contributed by atoms with Gasteiger partial charge in [-0.15, -0.1) is 0 Å². The number of aromatic nitrogens is 1. The molecule has 142 valence electrons. The van der Waals surface area contributed by atoms with E-state index in [0.717, 1.165) is 31.4 Å². The number of hydrogen-bond donors (Lipinski definition) is 1. The lowest BCUT2D eigenvalue weighted by Gasteiger charge is -2.32. The van der Waals surface area contributed by atoms with Gasteiger partial charge >= 0.3 is 0 Å². The number of likely N-dealkylation sites (tertiary alicyclic amines) is 1. The van der Waals surface area contributed by atoms with E-state index in [0.29, 0.717) is 18.9 Å². The van der Waals surface area contributed by atoms with E-state index in [1.54, 1.807) is 11.0 Å². The zero-order valence-electron chi connectivity index (χ0n) is 15.6. The fraction of sp³-hybridized carbons (Fsp3) is 0.650. The molecule has 2 amide bonds. The number of carbonyl (C=O) groups is 2. The summed E-state index contributed by atoms with van der Waals surface area (Å²) in [6.07, 6.45) is 7.63. The third-order valence-corrected chi connectivity index (χ3v) is 5.28. The maximum Gasteiger partial charge on any atom is 0.248 e. The van der Waals surface area contributed by atoms with Crippen LogP contribution in [0.2, 0.25) is 0 Å². The number of amides is 2. The van der Waals surface area contributed by atoms with Crippen molar-refractivity contribution in [3.8, 4) is 0 Å². The van der Waals surface area contributed by atoms with Gasteiger partial charge in [0.15, 0.2) is 0 Å². The highest BCUT2D eigenvalue weighted by Gasteiger charge is 2.29. The second-order valence-electron chi connectivity index (χ2n) is 7.40. The highest BCUT2D eigenvalue weighted by Crippen LogP contribution is 2.21. The first-order valence-corrected chi connectivity index (χ1v) is 9.76. The number of piperidine rings is 1. The van der Waals surface area contributed by atoms with Gasteiger partial charge in [0.1, 0.15) is 12.4 Å². The van der Waals surface area contributed by atoms with Gasteiger partial charge in [0.25, 0.3) is 0 Å². The summed E-state index contributed by atoms with van der Waals surface area (Å²) in [5.41, 5.74) is 0.864. The first-order chi connectivity index (χ1) is 12.6. The van der Waals surface area contributed by atoms with Gasteiger partial charge < -0.3 is 15.0 Å². The molecule has 3 rings (SSSR count). The quantitative estimate of drug-likeness (QED) is 0.877. The maximum atomic E-state index is 12.5. The molecule has 0 radical (unpaired) electrons. The van der Waals surface area contributed by atoms with Gasteiger partial charge in [-0.25, -0.2) is 4.98 Å². The Bertz CT molecular complexity index is 628. The van der Waals surface area contributed by atoms with Crippen LogP contribution >= 0.6 is 0 Å². The number of rotatable bonds is 5. The van der Waals surface area contributed by atoms with E-state index in [2.05, 4.69) is 10.3 Å². The van der Waals surface area contributed by atoms with Crippen LogP contribution < -0.4 is 5.32 Å². The van der Waals surface area contributed by atoms with Crippen LogP contribution in [0.15, 0.2) is 18.2 Å². The number of anilines is 1. The predicted molar refractivity (Wildman–Crippen MR) is 99.7 cm³/mol. The fourth-order valence-electron chi connectivity index (χ4n) is 3.77. The zero-order valence-corrected chi connectivity index (χ0v) is 15.6. The largest absolute Gasteiger partial charge is 0.368 e. The Morgan fingerprint density at radius 1 is 1.19 bits per heavy atom. The van der Waals surface area contributed by atoms with Crippen molar-refractivity contribution >= 4 is 17.6 Å². The smallest absolute Gasteiger partial charge is 0.248 e. The molecule has 2 aliphatic rings. The van der Waals surface area contributed by atoms with E-state index in [-0.39, 0.29) is 30.4 Å². The second-order valence-corrected chi connectivity index (χ2v) is 7.40. The van der Waals surface area contributed by atoms with Crippen LogP contribution in [0.3, 0.4) is 0 Å². The Morgan fingerprint density at radius 2 is 2.00 bits per heavy atom. The van der Waals surface area contributed by atoms with Crippen LogP contribution in [-0.2, 0) is 14.3 Å². The van der Waals surface area contributed by atoms with E-state index < -0.39 is 0 Å². The SMILES string of the molecule is Cc1cccc(NC(=O)C2CCCN(C(=O)COC3CCCCC3)C2)n1.